The average Bonchev–Trinajstić information content (AvgIpc) is 3.34. The first kappa shape index (κ1) is 15.7. The third-order valence-electron chi connectivity index (χ3n) is 5.01. The van der Waals surface area contributed by atoms with E-state index in [0.717, 1.165) is 23.4 Å². The van der Waals surface area contributed by atoms with Crippen molar-refractivity contribution in [3.63, 3.8) is 0 Å². The minimum absolute atomic E-state index is 0.357. The molecule has 0 spiro atoms. The summed E-state index contributed by atoms with van der Waals surface area (Å²) in [5.41, 5.74) is 4.53. The molecule has 27 heavy (non-hydrogen) atoms. The van der Waals surface area contributed by atoms with Gasteiger partial charge in [0.1, 0.15) is 0 Å². The lowest BCUT2D eigenvalue weighted by Gasteiger charge is -2.33. The van der Waals surface area contributed by atoms with Crippen LogP contribution in [-0.4, -0.2) is 25.3 Å². The predicted octanol–water partition coefficient (Wildman–Crippen LogP) is 3.72. The van der Waals surface area contributed by atoms with Crippen molar-refractivity contribution in [2.75, 3.05) is 0 Å². The van der Waals surface area contributed by atoms with Crippen LogP contribution in [0.15, 0.2) is 65.3 Å². The lowest BCUT2D eigenvalue weighted by molar-refractivity contribution is 0.424. The fourth-order valence-electron chi connectivity index (χ4n) is 3.70. The summed E-state index contributed by atoms with van der Waals surface area (Å²) in [6, 6.07) is 16.5. The highest BCUT2D eigenvalue weighted by Gasteiger charge is 2.38. The smallest absolute Gasteiger partial charge is 0.279 e. The Morgan fingerprint density at radius 3 is 2.67 bits per heavy atom. The third kappa shape index (κ3) is 2.49. The van der Waals surface area contributed by atoms with Crippen LogP contribution in [0.3, 0.4) is 0 Å². The fourth-order valence-corrected chi connectivity index (χ4v) is 3.70. The van der Waals surface area contributed by atoms with Crippen molar-refractivity contribution in [3.05, 3.63) is 89.1 Å². The van der Waals surface area contributed by atoms with Crippen LogP contribution in [0.4, 0.5) is 0 Å². The second kappa shape index (κ2) is 6.02. The largest absolute Gasteiger partial charge is 0.332 e. The quantitative estimate of drug-likeness (QED) is 0.606. The van der Waals surface area contributed by atoms with Crippen LogP contribution in [-0.2, 0) is 11.8 Å². The van der Waals surface area contributed by atoms with Gasteiger partial charge in [0, 0.05) is 23.9 Å². The number of aromatic nitrogens is 5. The van der Waals surface area contributed by atoms with Crippen LogP contribution >= 0.6 is 0 Å². The third-order valence-corrected chi connectivity index (χ3v) is 5.01. The van der Waals surface area contributed by atoms with E-state index in [4.69, 9.17) is 4.52 Å². The van der Waals surface area contributed by atoms with Gasteiger partial charge in [0.2, 0.25) is 0 Å². The van der Waals surface area contributed by atoms with Gasteiger partial charge < -0.3 is 4.52 Å². The molecule has 5 rings (SSSR count). The number of aromatic amines is 1. The lowest BCUT2D eigenvalue weighted by atomic mass is 9.70. The van der Waals surface area contributed by atoms with Gasteiger partial charge >= 0.3 is 0 Å². The average molecular weight is 355 g/mol. The van der Waals surface area contributed by atoms with E-state index >= 15 is 0 Å². The van der Waals surface area contributed by atoms with E-state index in [0.29, 0.717) is 17.4 Å². The first-order valence-electron chi connectivity index (χ1n) is 8.80. The summed E-state index contributed by atoms with van der Waals surface area (Å²) < 4.78 is 5.31. The summed E-state index contributed by atoms with van der Waals surface area (Å²) in [4.78, 5) is 8.97. The van der Waals surface area contributed by atoms with Crippen LogP contribution in [0.1, 0.15) is 28.3 Å². The van der Waals surface area contributed by atoms with E-state index in [1.54, 1.807) is 6.92 Å². The molecule has 0 saturated carbocycles. The van der Waals surface area contributed by atoms with Crippen LogP contribution in [0.25, 0.3) is 17.7 Å². The Morgan fingerprint density at radius 2 is 1.93 bits per heavy atom. The summed E-state index contributed by atoms with van der Waals surface area (Å²) >= 11 is 0. The van der Waals surface area contributed by atoms with Crippen LogP contribution in [0.5, 0.6) is 0 Å². The second-order valence-corrected chi connectivity index (χ2v) is 6.67. The summed E-state index contributed by atoms with van der Waals surface area (Å²) in [7, 11) is 0. The number of hydrogen-bond acceptors (Lipinski definition) is 5. The first-order valence-corrected chi connectivity index (χ1v) is 8.80. The zero-order valence-corrected chi connectivity index (χ0v) is 14.8. The maximum Gasteiger partial charge on any atom is 0.279 e. The number of nitrogens with one attached hydrogen (secondary N) is 1. The van der Waals surface area contributed by atoms with Crippen molar-refractivity contribution in [2.24, 2.45) is 0 Å². The Kier molecular flexibility index (Phi) is 3.50. The van der Waals surface area contributed by atoms with Crippen molar-refractivity contribution in [3.8, 4) is 11.6 Å². The number of hydrogen-bond donors (Lipinski definition) is 1. The van der Waals surface area contributed by atoms with Gasteiger partial charge in [0.05, 0.1) is 11.1 Å². The van der Waals surface area contributed by atoms with Crippen LogP contribution < -0.4 is 0 Å². The van der Waals surface area contributed by atoms with E-state index in [2.05, 4.69) is 67.8 Å². The standard InChI is InChI=1S/C21H17N5O/c1-14-23-20(27-26-14)19-16-10-11-21(13-17(16)24-25-19,15-7-3-2-4-8-15)18-9-5-6-12-22-18/h2-12H,13H2,1H3,(H,24,25). The van der Waals surface area contributed by atoms with Gasteiger partial charge in [-0.15, -0.1) is 0 Å². The number of allylic oxidation sites excluding steroid dienone is 1. The maximum absolute atomic E-state index is 5.31. The van der Waals surface area contributed by atoms with Crippen LogP contribution in [0.2, 0.25) is 0 Å². The van der Waals surface area contributed by atoms with Crippen molar-refractivity contribution in [1.82, 2.24) is 25.3 Å². The lowest BCUT2D eigenvalue weighted by Crippen LogP contribution is -2.31. The van der Waals surface area contributed by atoms with Crippen molar-refractivity contribution < 1.29 is 4.52 Å². The van der Waals surface area contributed by atoms with Gasteiger partial charge in [0.25, 0.3) is 5.89 Å². The molecule has 0 bridgehead atoms. The maximum atomic E-state index is 5.31. The Morgan fingerprint density at radius 1 is 1.07 bits per heavy atom. The zero-order valence-electron chi connectivity index (χ0n) is 14.8. The van der Waals surface area contributed by atoms with Crippen molar-refractivity contribution >= 4 is 6.08 Å². The highest BCUT2D eigenvalue weighted by molar-refractivity contribution is 5.72. The van der Waals surface area contributed by atoms with Crippen LogP contribution in [0, 0.1) is 6.92 Å². The fraction of sp³-hybridized carbons (Fsp3) is 0.143. The Labute approximate surface area is 156 Å². The Bertz CT molecular complexity index is 1070. The van der Waals surface area contributed by atoms with E-state index in [9.17, 15) is 0 Å². The monoisotopic (exact) mass is 355 g/mol. The van der Waals surface area contributed by atoms with E-state index < -0.39 is 0 Å². The zero-order chi connectivity index (χ0) is 18.3. The molecular weight excluding hydrogens is 338 g/mol. The number of H-pyrrole nitrogens is 1. The van der Waals surface area contributed by atoms with E-state index in [1.165, 1.54) is 5.56 Å². The number of benzene rings is 1. The molecule has 6 heteroatoms. The topological polar surface area (TPSA) is 80.5 Å². The minimum atomic E-state index is -0.357. The molecule has 1 aliphatic rings. The molecular formula is C21H17N5O. The molecule has 3 aromatic heterocycles. The van der Waals surface area contributed by atoms with Gasteiger partial charge in [-0.1, -0.05) is 53.7 Å². The molecule has 6 nitrogen and oxygen atoms in total. The highest BCUT2D eigenvalue weighted by Crippen LogP contribution is 2.41. The number of nitrogens with zero attached hydrogens (tertiary/aromatic N) is 4. The number of fused-ring (bicyclic) bond motifs is 1. The van der Waals surface area contributed by atoms with Gasteiger partial charge in [-0.05, 0) is 24.6 Å². The molecule has 3 heterocycles. The molecule has 1 N–H and O–H groups in total. The minimum Gasteiger partial charge on any atom is -0.332 e. The molecule has 0 saturated heterocycles. The molecule has 0 amide bonds. The molecule has 1 aliphatic carbocycles. The highest BCUT2D eigenvalue weighted by atomic mass is 16.5. The normalized spacial score (nSPS) is 18.4. The van der Waals surface area contributed by atoms with Crippen molar-refractivity contribution in [1.29, 1.82) is 0 Å². The molecule has 1 unspecified atom stereocenters. The summed E-state index contributed by atoms with van der Waals surface area (Å²) in [5, 5.41) is 11.5. The summed E-state index contributed by atoms with van der Waals surface area (Å²) in [5.74, 6) is 1.02. The Hall–Kier alpha value is -3.54. The summed E-state index contributed by atoms with van der Waals surface area (Å²) in [6.07, 6.45) is 6.84. The Balaban J connectivity index is 1.66. The number of aryl methyl sites for hydroxylation is 1. The SMILES string of the molecule is Cc1noc(-c2n[nH]c3c2C=CC(c2ccccc2)(c2ccccn2)C3)n1. The molecule has 0 fully saturated rings. The number of pyridine rings is 1. The molecule has 132 valence electrons. The van der Waals surface area contributed by atoms with Gasteiger partial charge in [-0.2, -0.15) is 10.1 Å². The second-order valence-electron chi connectivity index (χ2n) is 6.67. The van der Waals surface area contributed by atoms with Gasteiger partial charge in [-0.3, -0.25) is 10.1 Å². The first-order chi connectivity index (χ1) is 13.3. The molecule has 0 aliphatic heterocycles. The predicted molar refractivity (Wildman–Crippen MR) is 101 cm³/mol. The van der Waals surface area contributed by atoms with Crippen molar-refractivity contribution in [2.45, 2.75) is 18.8 Å². The van der Waals surface area contributed by atoms with E-state index in [1.807, 2.05) is 24.4 Å². The van der Waals surface area contributed by atoms with E-state index in [-0.39, 0.29) is 5.41 Å². The molecule has 1 atom stereocenters. The molecule has 4 aromatic rings. The molecule has 0 radical (unpaired) electrons. The molecule has 1 aromatic carbocycles. The number of rotatable bonds is 3. The summed E-state index contributed by atoms with van der Waals surface area (Å²) in [6.45, 7) is 1.80. The van der Waals surface area contributed by atoms with Gasteiger partial charge in [-0.25, -0.2) is 0 Å². The van der Waals surface area contributed by atoms with Gasteiger partial charge in [0.15, 0.2) is 11.5 Å².